The second kappa shape index (κ2) is 8.17. The summed E-state index contributed by atoms with van der Waals surface area (Å²) in [4.78, 5) is 10.9. The van der Waals surface area contributed by atoms with E-state index in [-0.39, 0.29) is 0 Å². The summed E-state index contributed by atoms with van der Waals surface area (Å²) in [6, 6.07) is 11.5. The average molecular weight is 313 g/mol. The van der Waals surface area contributed by atoms with Gasteiger partial charge in [-0.25, -0.2) is 9.98 Å². The molecule has 122 valence electrons. The Bertz CT molecular complexity index is 671. The van der Waals surface area contributed by atoms with E-state index in [4.69, 9.17) is 9.47 Å². The highest BCUT2D eigenvalue weighted by atomic mass is 16.5. The molecule has 0 amide bonds. The van der Waals surface area contributed by atoms with Gasteiger partial charge in [-0.2, -0.15) is 0 Å². The van der Waals surface area contributed by atoms with Gasteiger partial charge in [0.15, 0.2) is 0 Å². The summed E-state index contributed by atoms with van der Waals surface area (Å²) in [5.74, 6) is 1.39. The Kier molecular flexibility index (Phi) is 5.97. The Morgan fingerprint density at radius 3 is 2.70 bits per heavy atom. The molecule has 0 saturated heterocycles. The molecule has 2 aromatic rings. The zero-order chi connectivity index (χ0) is 16.7. The van der Waals surface area contributed by atoms with Gasteiger partial charge in [-0.1, -0.05) is 18.2 Å². The molecule has 1 heterocycles. The van der Waals surface area contributed by atoms with Gasteiger partial charge < -0.3 is 14.4 Å². The van der Waals surface area contributed by atoms with Crippen molar-refractivity contribution in [2.45, 2.75) is 20.5 Å². The van der Waals surface area contributed by atoms with Crippen molar-refractivity contribution >= 4 is 12.0 Å². The van der Waals surface area contributed by atoms with Crippen LogP contribution in [0, 0.1) is 6.92 Å². The van der Waals surface area contributed by atoms with E-state index in [1.54, 1.807) is 13.4 Å². The molecule has 0 fully saturated rings. The number of benzene rings is 1. The number of pyridine rings is 1. The molecule has 23 heavy (non-hydrogen) atoms. The Balaban J connectivity index is 2.04. The Morgan fingerprint density at radius 1 is 1.22 bits per heavy atom. The van der Waals surface area contributed by atoms with Crippen LogP contribution in [0.4, 0.5) is 5.69 Å². The third-order valence-corrected chi connectivity index (χ3v) is 3.49. The quantitative estimate of drug-likeness (QED) is 0.579. The Hall–Kier alpha value is -2.56. The highest BCUT2D eigenvalue weighted by Crippen LogP contribution is 2.22. The molecule has 1 aromatic carbocycles. The first kappa shape index (κ1) is 16.8. The number of rotatable bonds is 7. The van der Waals surface area contributed by atoms with E-state index in [0.717, 1.165) is 29.2 Å². The van der Waals surface area contributed by atoms with Crippen molar-refractivity contribution in [2.75, 3.05) is 20.7 Å². The van der Waals surface area contributed by atoms with Crippen molar-refractivity contribution in [1.82, 2.24) is 9.88 Å². The molecule has 0 aliphatic carbocycles. The van der Waals surface area contributed by atoms with Crippen LogP contribution in [0.25, 0.3) is 0 Å². The van der Waals surface area contributed by atoms with E-state index < -0.39 is 0 Å². The molecule has 0 unspecified atom stereocenters. The van der Waals surface area contributed by atoms with Gasteiger partial charge in [0.05, 0.1) is 24.8 Å². The zero-order valence-corrected chi connectivity index (χ0v) is 14.1. The maximum Gasteiger partial charge on any atom is 0.213 e. The monoisotopic (exact) mass is 313 g/mol. The van der Waals surface area contributed by atoms with Gasteiger partial charge in [-0.15, -0.1) is 0 Å². The van der Waals surface area contributed by atoms with Crippen LogP contribution < -0.4 is 9.47 Å². The van der Waals surface area contributed by atoms with Gasteiger partial charge in [0.25, 0.3) is 0 Å². The van der Waals surface area contributed by atoms with Crippen LogP contribution in [-0.4, -0.2) is 36.9 Å². The number of aliphatic imine (C=N–C) groups is 1. The van der Waals surface area contributed by atoms with Crippen LogP contribution in [0.2, 0.25) is 0 Å². The molecule has 0 saturated carbocycles. The lowest BCUT2D eigenvalue weighted by Crippen LogP contribution is -2.14. The number of para-hydroxylation sites is 1. The minimum Gasteiger partial charge on any atom is -0.496 e. The van der Waals surface area contributed by atoms with E-state index in [9.17, 15) is 0 Å². The molecular formula is C18H23N3O2. The van der Waals surface area contributed by atoms with Crippen molar-refractivity contribution in [2.24, 2.45) is 4.99 Å². The molecule has 1 aromatic heterocycles. The van der Waals surface area contributed by atoms with Crippen molar-refractivity contribution < 1.29 is 9.47 Å². The molecule has 0 aliphatic heterocycles. The minimum absolute atomic E-state index is 0.414. The van der Waals surface area contributed by atoms with Gasteiger partial charge in [0, 0.05) is 25.2 Å². The average Bonchev–Trinajstić information content (AvgIpc) is 2.59. The number of hydrogen-bond acceptors (Lipinski definition) is 4. The second-order valence-electron chi connectivity index (χ2n) is 5.17. The van der Waals surface area contributed by atoms with E-state index >= 15 is 0 Å². The lowest BCUT2D eigenvalue weighted by molar-refractivity contribution is 0.285. The molecule has 0 bridgehead atoms. The summed E-state index contributed by atoms with van der Waals surface area (Å²) in [6.45, 7) is 5.33. The van der Waals surface area contributed by atoms with Crippen LogP contribution in [0.1, 0.15) is 18.2 Å². The Labute approximate surface area is 137 Å². The van der Waals surface area contributed by atoms with E-state index in [2.05, 4.69) is 16.9 Å². The smallest absolute Gasteiger partial charge is 0.213 e. The van der Waals surface area contributed by atoms with Gasteiger partial charge in [-0.3, -0.25) is 0 Å². The maximum atomic E-state index is 5.76. The fraction of sp³-hybridized carbons (Fsp3) is 0.333. The van der Waals surface area contributed by atoms with Crippen LogP contribution in [0.15, 0.2) is 41.4 Å². The van der Waals surface area contributed by atoms with Crippen LogP contribution >= 0.6 is 0 Å². The highest BCUT2D eigenvalue weighted by Gasteiger charge is 2.05. The van der Waals surface area contributed by atoms with E-state index in [0.29, 0.717) is 12.5 Å². The summed E-state index contributed by atoms with van der Waals surface area (Å²) in [5.41, 5.74) is 2.67. The maximum absolute atomic E-state index is 5.76. The van der Waals surface area contributed by atoms with Crippen molar-refractivity contribution in [3.63, 3.8) is 0 Å². The first-order chi connectivity index (χ1) is 11.1. The third kappa shape index (κ3) is 4.71. The fourth-order valence-electron chi connectivity index (χ4n) is 1.96. The lowest BCUT2D eigenvalue weighted by Gasteiger charge is -2.11. The standard InChI is InChI=1S/C18H23N3O2/c1-5-21(3)13-19-16-10-11-18(20-14(16)2)23-12-15-8-6-7-9-17(15)22-4/h6-11,13H,5,12H2,1-4H3. The first-order valence-electron chi connectivity index (χ1n) is 7.60. The minimum atomic E-state index is 0.414. The normalized spacial score (nSPS) is 10.8. The summed E-state index contributed by atoms with van der Waals surface area (Å²) < 4.78 is 11.1. The fourth-order valence-corrected chi connectivity index (χ4v) is 1.96. The number of ether oxygens (including phenoxy) is 2. The van der Waals surface area contributed by atoms with Crippen LogP contribution in [0.3, 0.4) is 0 Å². The number of hydrogen-bond donors (Lipinski definition) is 0. The van der Waals surface area contributed by atoms with Gasteiger partial charge in [0.2, 0.25) is 5.88 Å². The SMILES string of the molecule is CCN(C)C=Nc1ccc(OCc2ccccc2OC)nc1C. The molecule has 2 rings (SSSR count). The Morgan fingerprint density at radius 2 is 2.00 bits per heavy atom. The van der Waals surface area contributed by atoms with Crippen LogP contribution in [0.5, 0.6) is 11.6 Å². The van der Waals surface area contributed by atoms with Crippen molar-refractivity contribution in [3.05, 3.63) is 47.7 Å². The summed E-state index contributed by atoms with van der Waals surface area (Å²) in [7, 11) is 3.64. The summed E-state index contributed by atoms with van der Waals surface area (Å²) in [6.07, 6.45) is 1.80. The zero-order valence-electron chi connectivity index (χ0n) is 14.1. The van der Waals surface area contributed by atoms with Gasteiger partial charge in [0.1, 0.15) is 12.4 Å². The molecule has 0 aliphatic rings. The number of aryl methyl sites for hydroxylation is 1. The van der Waals surface area contributed by atoms with E-state index in [1.165, 1.54) is 0 Å². The first-order valence-corrected chi connectivity index (χ1v) is 7.60. The van der Waals surface area contributed by atoms with Crippen molar-refractivity contribution in [1.29, 1.82) is 0 Å². The molecule has 5 heteroatoms. The van der Waals surface area contributed by atoms with Crippen LogP contribution in [-0.2, 0) is 6.61 Å². The van der Waals surface area contributed by atoms with Gasteiger partial charge in [-0.05, 0) is 26.0 Å². The predicted octanol–water partition coefficient (Wildman–Crippen LogP) is 3.59. The number of methoxy groups -OCH3 is 1. The highest BCUT2D eigenvalue weighted by molar-refractivity contribution is 5.62. The molecule has 0 N–H and O–H groups in total. The lowest BCUT2D eigenvalue weighted by atomic mass is 10.2. The number of aromatic nitrogens is 1. The number of nitrogens with zero attached hydrogens (tertiary/aromatic N) is 3. The topological polar surface area (TPSA) is 47.0 Å². The largest absolute Gasteiger partial charge is 0.496 e. The molecule has 0 atom stereocenters. The van der Waals surface area contributed by atoms with Gasteiger partial charge >= 0.3 is 0 Å². The van der Waals surface area contributed by atoms with Crippen molar-refractivity contribution in [3.8, 4) is 11.6 Å². The molecule has 0 radical (unpaired) electrons. The summed E-state index contributed by atoms with van der Waals surface area (Å²) >= 11 is 0. The predicted molar refractivity (Wildman–Crippen MR) is 92.8 cm³/mol. The molecule has 5 nitrogen and oxygen atoms in total. The second-order valence-corrected chi connectivity index (χ2v) is 5.17. The molecule has 0 spiro atoms. The summed E-state index contributed by atoms with van der Waals surface area (Å²) in [5, 5.41) is 0. The van der Waals surface area contributed by atoms with E-state index in [1.807, 2.05) is 55.3 Å². The molecular weight excluding hydrogens is 290 g/mol. The third-order valence-electron chi connectivity index (χ3n) is 3.49.